The van der Waals surface area contributed by atoms with E-state index < -0.39 is 0 Å². The van der Waals surface area contributed by atoms with E-state index in [2.05, 4.69) is 31.3 Å². The van der Waals surface area contributed by atoms with E-state index in [-0.39, 0.29) is 0 Å². The Labute approximate surface area is 138 Å². The van der Waals surface area contributed by atoms with Crippen molar-refractivity contribution in [2.24, 2.45) is 0 Å². The zero-order valence-corrected chi connectivity index (χ0v) is 13.4. The van der Waals surface area contributed by atoms with Crippen LogP contribution < -0.4 is 11.1 Å². The van der Waals surface area contributed by atoms with Crippen LogP contribution in [0, 0.1) is 6.92 Å². The normalized spacial score (nSPS) is 11.1. The lowest BCUT2D eigenvalue weighted by atomic mass is 9.98. The van der Waals surface area contributed by atoms with Crippen molar-refractivity contribution in [2.75, 3.05) is 18.1 Å². The lowest BCUT2D eigenvalue weighted by Crippen LogP contribution is -1.96. The maximum absolute atomic E-state index is 6.24. The topological polar surface area (TPSA) is 89.6 Å². The molecule has 6 nitrogen and oxygen atoms in total. The number of nitrogen functional groups attached to an aromatic ring is 1. The number of rotatable bonds is 2. The van der Waals surface area contributed by atoms with Crippen LogP contribution in [0.3, 0.4) is 0 Å². The summed E-state index contributed by atoms with van der Waals surface area (Å²) < 4.78 is 0. The largest absolute Gasteiger partial charge is 0.398 e. The zero-order valence-electron chi connectivity index (χ0n) is 13.4. The highest BCUT2D eigenvalue weighted by Gasteiger charge is 2.11. The third-order valence-electron chi connectivity index (χ3n) is 4.19. The van der Waals surface area contributed by atoms with Crippen LogP contribution in [0.25, 0.3) is 33.1 Å². The smallest absolute Gasteiger partial charge is 0.178 e. The summed E-state index contributed by atoms with van der Waals surface area (Å²) in [6, 6.07) is 6.04. The molecule has 3 aromatic heterocycles. The molecule has 0 saturated heterocycles. The van der Waals surface area contributed by atoms with Gasteiger partial charge in [-0.2, -0.15) is 0 Å². The molecule has 0 aliphatic heterocycles. The minimum Gasteiger partial charge on any atom is -0.398 e. The molecule has 0 unspecified atom stereocenters. The molecule has 0 atom stereocenters. The molecule has 4 aromatic rings. The Bertz CT molecular complexity index is 1070. The van der Waals surface area contributed by atoms with Gasteiger partial charge in [0.15, 0.2) is 5.65 Å². The summed E-state index contributed by atoms with van der Waals surface area (Å²) in [7, 11) is 1.84. The third kappa shape index (κ3) is 2.20. The van der Waals surface area contributed by atoms with Gasteiger partial charge in [0, 0.05) is 48.5 Å². The molecule has 3 heterocycles. The van der Waals surface area contributed by atoms with Crippen LogP contribution in [0.4, 0.5) is 11.5 Å². The molecule has 0 aliphatic carbocycles. The van der Waals surface area contributed by atoms with E-state index in [9.17, 15) is 0 Å². The zero-order chi connectivity index (χ0) is 16.7. The summed E-state index contributed by atoms with van der Waals surface area (Å²) >= 11 is 0. The van der Waals surface area contributed by atoms with Crippen LogP contribution in [0.1, 0.15) is 5.56 Å². The van der Waals surface area contributed by atoms with Crippen molar-refractivity contribution in [3.05, 3.63) is 48.5 Å². The maximum Gasteiger partial charge on any atom is 0.178 e. The van der Waals surface area contributed by atoms with Gasteiger partial charge >= 0.3 is 0 Å². The number of aromatic nitrogens is 4. The van der Waals surface area contributed by atoms with Gasteiger partial charge in [0.05, 0.1) is 0 Å². The van der Waals surface area contributed by atoms with Crippen molar-refractivity contribution in [1.82, 2.24) is 19.9 Å². The van der Waals surface area contributed by atoms with Gasteiger partial charge in [-0.3, -0.25) is 4.98 Å². The lowest BCUT2D eigenvalue weighted by molar-refractivity contribution is 1.21. The monoisotopic (exact) mass is 316 g/mol. The number of nitrogens with one attached hydrogen (secondary N) is 1. The van der Waals surface area contributed by atoms with Crippen LogP contribution in [0.2, 0.25) is 0 Å². The van der Waals surface area contributed by atoms with Gasteiger partial charge < -0.3 is 11.1 Å². The fourth-order valence-corrected chi connectivity index (χ4v) is 2.91. The second kappa shape index (κ2) is 5.42. The lowest BCUT2D eigenvalue weighted by Gasteiger charge is -2.11. The number of hydrogen-bond donors (Lipinski definition) is 2. The highest BCUT2D eigenvalue weighted by Crippen LogP contribution is 2.32. The van der Waals surface area contributed by atoms with Gasteiger partial charge in [0.1, 0.15) is 11.3 Å². The fraction of sp³-hybridized carbons (Fsp3) is 0.111. The van der Waals surface area contributed by atoms with E-state index in [0.717, 1.165) is 38.8 Å². The molecule has 0 aliphatic rings. The van der Waals surface area contributed by atoms with Crippen molar-refractivity contribution in [3.63, 3.8) is 0 Å². The van der Waals surface area contributed by atoms with Crippen LogP contribution in [-0.2, 0) is 0 Å². The molecular weight excluding hydrogens is 300 g/mol. The first-order valence-electron chi connectivity index (χ1n) is 7.61. The van der Waals surface area contributed by atoms with Gasteiger partial charge in [-0.25, -0.2) is 15.0 Å². The molecule has 0 radical (unpaired) electrons. The Hall–Kier alpha value is -3.28. The number of benzene rings is 1. The van der Waals surface area contributed by atoms with Gasteiger partial charge in [-0.1, -0.05) is 0 Å². The number of anilines is 2. The maximum atomic E-state index is 6.24. The highest BCUT2D eigenvalue weighted by molar-refractivity contribution is 5.98. The summed E-state index contributed by atoms with van der Waals surface area (Å²) in [6.45, 7) is 2.03. The Morgan fingerprint density at radius 3 is 2.62 bits per heavy atom. The number of pyridine rings is 2. The third-order valence-corrected chi connectivity index (χ3v) is 4.19. The van der Waals surface area contributed by atoms with E-state index in [1.807, 2.05) is 32.3 Å². The fourth-order valence-electron chi connectivity index (χ4n) is 2.91. The Morgan fingerprint density at radius 1 is 0.958 bits per heavy atom. The number of nitrogens with two attached hydrogens (primary N) is 1. The first kappa shape index (κ1) is 14.3. The molecule has 118 valence electrons. The molecule has 0 bridgehead atoms. The van der Waals surface area contributed by atoms with Crippen LogP contribution in [0.15, 0.2) is 43.0 Å². The molecular formula is C18H16N6. The van der Waals surface area contributed by atoms with Crippen molar-refractivity contribution in [1.29, 1.82) is 0 Å². The molecule has 0 spiro atoms. The molecule has 24 heavy (non-hydrogen) atoms. The molecule has 0 fully saturated rings. The summed E-state index contributed by atoms with van der Waals surface area (Å²) in [5.41, 5.74) is 11.4. The van der Waals surface area contributed by atoms with E-state index in [4.69, 9.17) is 5.73 Å². The average Bonchev–Trinajstić information content (AvgIpc) is 2.61. The Morgan fingerprint density at radius 2 is 1.79 bits per heavy atom. The van der Waals surface area contributed by atoms with Crippen molar-refractivity contribution in [3.8, 4) is 11.1 Å². The molecule has 0 amide bonds. The van der Waals surface area contributed by atoms with Crippen LogP contribution >= 0.6 is 0 Å². The van der Waals surface area contributed by atoms with Gasteiger partial charge in [0.25, 0.3) is 0 Å². The summed E-state index contributed by atoms with van der Waals surface area (Å²) in [4.78, 5) is 17.4. The standard InChI is InChI=1S/C18H16N6/c1-10-13(8-24-18-17(10)21-3-4-22-18)11-5-12-7-16(20-2)23-9-14(12)15(19)6-11/h3-9H,19H2,1-2H3,(H,20,23). The number of hydrogen-bond acceptors (Lipinski definition) is 6. The van der Waals surface area contributed by atoms with E-state index in [0.29, 0.717) is 11.3 Å². The highest BCUT2D eigenvalue weighted by atomic mass is 14.9. The van der Waals surface area contributed by atoms with E-state index in [1.165, 1.54) is 0 Å². The van der Waals surface area contributed by atoms with Crippen LogP contribution in [-0.4, -0.2) is 27.0 Å². The molecule has 4 rings (SSSR count). The number of aryl methyl sites for hydroxylation is 1. The minimum absolute atomic E-state index is 0.647. The SMILES string of the molecule is CNc1cc2cc(-c3cnc4nccnc4c3C)cc(N)c2cn1. The second-order valence-electron chi connectivity index (χ2n) is 5.63. The molecule has 0 saturated carbocycles. The number of fused-ring (bicyclic) bond motifs is 2. The van der Waals surface area contributed by atoms with E-state index in [1.54, 1.807) is 18.6 Å². The van der Waals surface area contributed by atoms with Crippen molar-refractivity contribution < 1.29 is 0 Å². The first-order valence-corrected chi connectivity index (χ1v) is 7.61. The predicted octanol–water partition coefficient (Wildman–Crippen LogP) is 3.17. The summed E-state index contributed by atoms with van der Waals surface area (Å²) in [5, 5.41) is 5.02. The van der Waals surface area contributed by atoms with E-state index >= 15 is 0 Å². The quantitative estimate of drug-likeness (QED) is 0.552. The minimum atomic E-state index is 0.647. The molecule has 3 N–H and O–H groups in total. The van der Waals surface area contributed by atoms with Gasteiger partial charge in [-0.15, -0.1) is 0 Å². The Kier molecular flexibility index (Phi) is 3.23. The molecule has 6 heteroatoms. The average molecular weight is 316 g/mol. The summed E-state index contributed by atoms with van der Waals surface area (Å²) in [6.07, 6.45) is 6.94. The first-order chi connectivity index (χ1) is 11.7. The van der Waals surface area contributed by atoms with Crippen molar-refractivity contribution in [2.45, 2.75) is 6.92 Å². The van der Waals surface area contributed by atoms with Gasteiger partial charge in [0.2, 0.25) is 0 Å². The second-order valence-corrected chi connectivity index (χ2v) is 5.63. The predicted molar refractivity (Wildman–Crippen MR) is 96.8 cm³/mol. The Balaban J connectivity index is 1.97. The summed E-state index contributed by atoms with van der Waals surface area (Å²) in [5.74, 6) is 0.804. The van der Waals surface area contributed by atoms with Crippen molar-refractivity contribution >= 4 is 33.4 Å². The van der Waals surface area contributed by atoms with Gasteiger partial charge in [-0.05, 0) is 41.6 Å². The number of nitrogens with zero attached hydrogens (tertiary/aromatic N) is 4. The van der Waals surface area contributed by atoms with Crippen LogP contribution in [0.5, 0.6) is 0 Å². The molecule has 1 aromatic carbocycles.